The highest BCUT2D eigenvalue weighted by Crippen LogP contribution is 2.38. The number of fused-ring (bicyclic) bond motifs is 3. The maximum absolute atomic E-state index is 10.5. The number of rotatable bonds is 3. The standard InChI is InChI=1S/C11H21NO/c1-2-3-6-11(13)9-12-7-4-10(11)5-8-12/h10,13H,2-9H2,1H3. The Balaban J connectivity index is 1.97. The maximum Gasteiger partial charge on any atom is 0.0803 e. The summed E-state index contributed by atoms with van der Waals surface area (Å²) in [5.74, 6) is 0.601. The van der Waals surface area contributed by atoms with Gasteiger partial charge in [-0.25, -0.2) is 0 Å². The van der Waals surface area contributed by atoms with Crippen LogP contribution in [0.1, 0.15) is 39.0 Å². The van der Waals surface area contributed by atoms with Gasteiger partial charge in [-0.05, 0) is 38.3 Å². The van der Waals surface area contributed by atoms with Crippen molar-refractivity contribution in [2.45, 2.75) is 44.6 Å². The second kappa shape index (κ2) is 3.58. The monoisotopic (exact) mass is 183 g/mol. The van der Waals surface area contributed by atoms with Crippen LogP contribution in [0.4, 0.5) is 0 Å². The molecular weight excluding hydrogens is 162 g/mol. The minimum atomic E-state index is -0.327. The zero-order valence-electron chi connectivity index (χ0n) is 8.63. The number of unbranched alkanes of at least 4 members (excludes halogenated alkanes) is 1. The Morgan fingerprint density at radius 2 is 2.08 bits per heavy atom. The molecule has 0 radical (unpaired) electrons. The zero-order chi connectivity index (χ0) is 9.31. The van der Waals surface area contributed by atoms with Crippen LogP contribution < -0.4 is 0 Å². The van der Waals surface area contributed by atoms with E-state index in [1.807, 2.05) is 0 Å². The molecule has 3 heterocycles. The topological polar surface area (TPSA) is 23.5 Å². The zero-order valence-corrected chi connectivity index (χ0v) is 8.63. The van der Waals surface area contributed by atoms with Gasteiger partial charge in [-0.3, -0.25) is 0 Å². The number of hydrogen-bond acceptors (Lipinski definition) is 2. The summed E-state index contributed by atoms with van der Waals surface area (Å²) in [6, 6.07) is 0. The molecule has 13 heavy (non-hydrogen) atoms. The lowest BCUT2D eigenvalue weighted by Crippen LogP contribution is -2.58. The highest BCUT2D eigenvalue weighted by atomic mass is 16.3. The van der Waals surface area contributed by atoms with Crippen LogP contribution >= 0.6 is 0 Å². The molecule has 0 aromatic carbocycles. The largest absolute Gasteiger partial charge is 0.388 e. The predicted octanol–water partition coefficient (Wildman–Crippen LogP) is 1.63. The molecule has 76 valence electrons. The molecule has 1 N–H and O–H groups in total. The van der Waals surface area contributed by atoms with E-state index < -0.39 is 0 Å². The van der Waals surface area contributed by atoms with Crippen molar-refractivity contribution >= 4 is 0 Å². The molecule has 0 amide bonds. The summed E-state index contributed by atoms with van der Waals surface area (Å²) in [7, 11) is 0. The van der Waals surface area contributed by atoms with Crippen LogP contribution in [-0.2, 0) is 0 Å². The van der Waals surface area contributed by atoms with Crippen LogP contribution in [0.3, 0.4) is 0 Å². The molecule has 0 spiro atoms. The smallest absolute Gasteiger partial charge is 0.0803 e. The normalized spacial score (nSPS) is 43.8. The fraction of sp³-hybridized carbons (Fsp3) is 1.00. The fourth-order valence-electron chi connectivity index (χ4n) is 2.91. The summed E-state index contributed by atoms with van der Waals surface area (Å²) < 4.78 is 0. The number of nitrogens with zero attached hydrogens (tertiary/aromatic N) is 1. The molecule has 1 unspecified atom stereocenters. The van der Waals surface area contributed by atoms with Gasteiger partial charge in [-0.2, -0.15) is 0 Å². The summed E-state index contributed by atoms with van der Waals surface area (Å²) in [5, 5.41) is 10.5. The summed E-state index contributed by atoms with van der Waals surface area (Å²) in [6.07, 6.45) is 5.85. The average molecular weight is 183 g/mol. The van der Waals surface area contributed by atoms with Gasteiger partial charge < -0.3 is 10.0 Å². The van der Waals surface area contributed by atoms with Crippen molar-refractivity contribution in [2.75, 3.05) is 19.6 Å². The van der Waals surface area contributed by atoms with E-state index in [2.05, 4.69) is 11.8 Å². The Labute approximate surface area is 80.9 Å². The van der Waals surface area contributed by atoms with Gasteiger partial charge in [0.25, 0.3) is 0 Å². The lowest BCUT2D eigenvalue weighted by Gasteiger charge is -2.50. The van der Waals surface area contributed by atoms with Crippen molar-refractivity contribution in [1.29, 1.82) is 0 Å². The number of hydrogen-bond donors (Lipinski definition) is 1. The van der Waals surface area contributed by atoms with E-state index in [0.717, 1.165) is 13.0 Å². The highest BCUT2D eigenvalue weighted by molar-refractivity contribution is 4.97. The fourth-order valence-corrected chi connectivity index (χ4v) is 2.91. The van der Waals surface area contributed by atoms with Gasteiger partial charge in [0.2, 0.25) is 0 Å². The molecule has 3 saturated heterocycles. The van der Waals surface area contributed by atoms with Crippen molar-refractivity contribution in [1.82, 2.24) is 4.90 Å². The van der Waals surface area contributed by atoms with E-state index in [9.17, 15) is 5.11 Å². The van der Waals surface area contributed by atoms with Crippen LogP contribution in [-0.4, -0.2) is 35.2 Å². The first-order valence-corrected chi connectivity index (χ1v) is 5.69. The molecule has 1 atom stereocenters. The second-order valence-corrected chi connectivity index (χ2v) is 4.76. The van der Waals surface area contributed by atoms with Gasteiger partial charge in [0, 0.05) is 6.54 Å². The van der Waals surface area contributed by atoms with Gasteiger partial charge in [-0.15, -0.1) is 0 Å². The third kappa shape index (κ3) is 1.75. The minimum Gasteiger partial charge on any atom is -0.388 e. The average Bonchev–Trinajstić information content (AvgIpc) is 2.16. The minimum absolute atomic E-state index is 0.327. The summed E-state index contributed by atoms with van der Waals surface area (Å²) in [4.78, 5) is 2.43. The third-order valence-corrected chi connectivity index (χ3v) is 3.81. The molecule has 3 aliphatic heterocycles. The highest BCUT2D eigenvalue weighted by Gasteiger charge is 2.44. The van der Waals surface area contributed by atoms with Crippen molar-refractivity contribution in [3.63, 3.8) is 0 Å². The molecule has 0 aromatic rings. The molecule has 0 aromatic heterocycles. The van der Waals surface area contributed by atoms with Gasteiger partial charge in [0.15, 0.2) is 0 Å². The molecule has 3 aliphatic rings. The molecule has 2 heteroatoms. The lowest BCUT2D eigenvalue weighted by atomic mass is 9.73. The van der Waals surface area contributed by atoms with E-state index in [1.54, 1.807) is 0 Å². The van der Waals surface area contributed by atoms with E-state index in [4.69, 9.17) is 0 Å². The lowest BCUT2D eigenvalue weighted by molar-refractivity contribution is -0.117. The van der Waals surface area contributed by atoms with Crippen LogP contribution in [0.15, 0.2) is 0 Å². The van der Waals surface area contributed by atoms with Crippen molar-refractivity contribution in [3.05, 3.63) is 0 Å². The first-order chi connectivity index (χ1) is 6.24. The number of aliphatic hydroxyl groups is 1. The molecular formula is C11H21NO. The van der Waals surface area contributed by atoms with Crippen LogP contribution in [0.2, 0.25) is 0 Å². The molecule has 3 fully saturated rings. The van der Waals surface area contributed by atoms with Gasteiger partial charge in [-0.1, -0.05) is 19.8 Å². The van der Waals surface area contributed by atoms with Gasteiger partial charge in [0.1, 0.15) is 0 Å². The molecule has 2 nitrogen and oxygen atoms in total. The Hall–Kier alpha value is -0.0800. The summed E-state index contributed by atoms with van der Waals surface area (Å²) in [6.45, 7) is 5.58. The maximum atomic E-state index is 10.5. The van der Waals surface area contributed by atoms with E-state index in [0.29, 0.717) is 5.92 Å². The summed E-state index contributed by atoms with van der Waals surface area (Å²) in [5.41, 5.74) is -0.327. The van der Waals surface area contributed by atoms with Gasteiger partial charge >= 0.3 is 0 Å². The quantitative estimate of drug-likeness (QED) is 0.719. The van der Waals surface area contributed by atoms with Crippen LogP contribution in [0.25, 0.3) is 0 Å². The second-order valence-electron chi connectivity index (χ2n) is 4.76. The molecule has 3 rings (SSSR count). The van der Waals surface area contributed by atoms with Crippen LogP contribution in [0.5, 0.6) is 0 Å². The first-order valence-electron chi connectivity index (χ1n) is 5.69. The van der Waals surface area contributed by atoms with Crippen molar-refractivity contribution in [3.8, 4) is 0 Å². The van der Waals surface area contributed by atoms with Crippen molar-refractivity contribution in [2.24, 2.45) is 5.92 Å². The van der Waals surface area contributed by atoms with E-state index in [1.165, 1.54) is 38.8 Å². The number of piperidine rings is 3. The van der Waals surface area contributed by atoms with Crippen LogP contribution in [0, 0.1) is 5.92 Å². The molecule has 0 aliphatic carbocycles. The van der Waals surface area contributed by atoms with Crippen molar-refractivity contribution < 1.29 is 5.11 Å². The summed E-state index contributed by atoms with van der Waals surface area (Å²) >= 11 is 0. The molecule has 0 saturated carbocycles. The Morgan fingerprint density at radius 1 is 1.38 bits per heavy atom. The Morgan fingerprint density at radius 3 is 2.54 bits per heavy atom. The molecule has 2 bridgehead atoms. The van der Waals surface area contributed by atoms with Gasteiger partial charge in [0.05, 0.1) is 5.60 Å². The van der Waals surface area contributed by atoms with E-state index >= 15 is 0 Å². The first kappa shape index (κ1) is 9.47. The Kier molecular flexibility index (Phi) is 2.61. The Bertz CT molecular complexity index is 175. The third-order valence-electron chi connectivity index (χ3n) is 3.81. The SMILES string of the molecule is CCCCC1(O)CN2CCC1CC2. The predicted molar refractivity (Wildman–Crippen MR) is 53.6 cm³/mol. The van der Waals surface area contributed by atoms with E-state index in [-0.39, 0.29) is 5.60 Å².